The van der Waals surface area contributed by atoms with Crippen molar-refractivity contribution < 1.29 is 22.7 Å². The second-order valence-electron chi connectivity index (χ2n) is 3.21. The molecule has 0 amide bonds. The molecule has 6 nitrogen and oxygen atoms in total. The first-order chi connectivity index (χ1) is 7.13. The molecule has 2 aliphatic heterocycles. The van der Waals surface area contributed by atoms with Crippen molar-refractivity contribution in [2.24, 2.45) is 0 Å². The molecule has 0 aromatic heterocycles. The summed E-state index contributed by atoms with van der Waals surface area (Å²) in [5, 5.41) is 1.22. The molecule has 2 saturated heterocycles. The molecule has 0 N–H and O–H groups in total. The van der Waals surface area contributed by atoms with Crippen molar-refractivity contribution in [3.63, 3.8) is 0 Å². The van der Waals surface area contributed by atoms with Crippen LogP contribution in [0.3, 0.4) is 0 Å². The molecular weight excluding hydrogens is 386 g/mol. The molecule has 15 heavy (non-hydrogen) atoms. The van der Waals surface area contributed by atoms with E-state index in [4.69, 9.17) is 13.1 Å². The van der Waals surface area contributed by atoms with Gasteiger partial charge < -0.3 is 0 Å². The zero-order chi connectivity index (χ0) is 10.9. The molecule has 0 aromatic rings. The Morgan fingerprint density at radius 2 is 2.13 bits per heavy atom. The van der Waals surface area contributed by atoms with Crippen LogP contribution in [0.25, 0.3) is 0 Å². The fraction of sp³-hybridized carbons (Fsp3) is 0.667. The van der Waals surface area contributed by atoms with Crippen molar-refractivity contribution >= 4 is 58.1 Å². The number of hydrogen-bond acceptors (Lipinski definition) is 6. The summed E-state index contributed by atoms with van der Waals surface area (Å²) in [4.78, 5) is 21.9. The normalized spacial score (nSPS) is 31.8. The Bertz CT molecular complexity index is 297. The van der Waals surface area contributed by atoms with Crippen LogP contribution >= 0.6 is 0 Å². The molecule has 0 aromatic carbocycles. The van der Waals surface area contributed by atoms with Crippen molar-refractivity contribution in [3.8, 4) is 0 Å². The molecule has 0 saturated carbocycles. The van der Waals surface area contributed by atoms with E-state index >= 15 is 0 Å². The van der Waals surface area contributed by atoms with Crippen LogP contribution in [0.1, 0.15) is 12.8 Å². The Kier molecular flexibility index (Phi) is 3.81. The maximum absolute atomic E-state index is 11.0. The molecule has 1 unspecified atom stereocenters. The van der Waals surface area contributed by atoms with Crippen LogP contribution in [-0.2, 0) is 22.7 Å². The van der Waals surface area contributed by atoms with Gasteiger partial charge >= 0.3 is 104 Å². The predicted molar refractivity (Wildman–Crippen MR) is 50.5 cm³/mol. The minimum atomic E-state index is -3.35. The third kappa shape index (κ3) is 2.78. The third-order valence-electron chi connectivity index (χ3n) is 2.09. The monoisotopic (exact) mass is 398 g/mol. The molecule has 2 rings (SSSR count). The molecular formula is C6H8Ge3O6. The van der Waals surface area contributed by atoms with Gasteiger partial charge in [0.1, 0.15) is 0 Å². The fourth-order valence-electron chi connectivity index (χ4n) is 1.37. The van der Waals surface area contributed by atoms with Crippen LogP contribution in [0.4, 0.5) is 0 Å². The zero-order valence-electron chi connectivity index (χ0n) is 7.78. The van der Waals surface area contributed by atoms with Gasteiger partial charge in [0, 0.05) is 0 Å². The summed E-state index contributed by atoms with van der Waals surface area (Å²) < 4.78 is 21.2. The standard InChI is InChI=1S/C6H8Ge3O6/c7-14-9(4-2-6(11)13-9)15-8-3-1-5(10)12-8/h1-4H2. The van der Waals surface area contributed by atoms with Gasteiger partial charge in [0.25, 0.3) is 0 Å². The molecule has 0 spiro atoms. The SMILES string of the molecule is O=C1C[CH2][Ge]([O][Ge]2([O][Ge])[CH2]CC(=O)[O]2)[O]1. The van der Waals surface area contributed by atoms with E-state index < -0.39 is 29.3 Å². The zero-order valence-corrected chi connectivity index (χ0v) is 14.1. The number of carbonyl (C=O) groups is 2. The Labute approximate surface area is 104 Å². The van der Waals surface area contributed by atoms with Crippen molar-refractivity contribution in [1.29, 1.82) is 0 Å². The van der Waals surface area contributed by atoms with E-state index in [1.165, 1.54) is 16.9 Å². The molecule has 9 heteroatoms. The van der Waals surface area contributed by atoms with Gasteiger partial charge in [0.05, 0.1) is 0 Å². The van der Waals surface area contributed by atoms with Crippen molar-refractivity contribution in [2.75, 3.05) is 0 Å². The van der Waals surface area contributed by atoms with Gasteiger partial charge in [0.2, 0.25) is 0 Å². The number of rotatable bonds is 3. The van der Waals surface area contributed by atoms with E-state index in [1.54, 1.807) is 0 Å². The van der Waals surface area contributed by atoms with Crippen LogP contribution in [0.15, 0.2) is 0 Å². The summed E-state index contributed by atoms with van der Waals surface area (Å²) in [6, 6.07) is 0. The van der Waals surface area contributed by atoms with E-state index in [2.05, 4.69) is 0 Å². The van der Waals surface area contributed by atoms with Gasteiger partial charge in [-0.25, -0.2) is 0 Å². The molecule has 1 atom stereocenters. The van der Waals surface area contributed by atoms with Gasteiger partial charge in [-0.15, -0.1) is 0 Å². The van der Waals surface area contributed by atoms with Gasteiger partial charge in [-0.1, -0.05) is 0 Å². The fourth-order valence-corrected chi connectivity index (χ4v) is 18.4. The third-order valence-corrected chi connectivity index (χ3v) is 18.4. The predicted octanol–water partition coefficient (Wildman–Crippen LogP) is -0.576. The average Bonchev–Trinajstić information content (AvgIpc) is 2.75. The Balaban J connectivity index is 1.96. The van der Waals surface area contributed by atoms with Crippen molar-refractivity contribution in [2.45, 2.75) is 23.3 Å². The quantitative estimate of drug-likeness (QED) is 0.598. The summed E-state index contributed by atoms with van der Waals surface area (Å²) in [7, 11) is 0. The summed E-state index contributed by atoms with van der Waals surface area (Å²) in [5.41, 5.74) is 0. The van der Waals surface area contributed by atoms with E-state index in [1.807, 2.05) is 0 Å². The summed E-state index contributed by atoms with van der Waals surface area (Å²) >= 11 is -4.10. The first-order valence-electron chi connectivity index (χ1n) is 4.46. The van der Waals surface area contributed by atoms with Crippen molar-refractivity contribution in [3.05, 3.63) is 0 Å². The maximum atomic E-state index is 11.0. The number of carbonyl (C=O) groups excluding carboxylic acids is 2. The molecule has 2 aliphatic rings. The molecule has 0 aliphatic carbocycles. The minimum absolute atomic E-state index is 0.206. The summed E-state index contributed by atoms with van der Waals surface area (Å²) in [5.74, 6) is -0.469. The first kappa shape index (κ1) is 12.0. The second-order valence-corrected chi connectivity index (χ2v) is 15.9. The molecule has 2 fully saturated rings. The molecule has 80 valence electrons. The Morgan fingerprint density at radius 3 is 2.60 bits per heavy atom. The average molecular weight is 394 g/mol. The van der Waals surface area contributed by atoms with Crippen molar-refractivity contribution in [1.82, 2.24) is 0 Å². The van der Waals surface area contributed by atoms with E-state index in [0.717, 1.165) is 0 Å². The summed E-state index contributed by atoms with van der Waals surface area (Å²) in [6.45, 7) is 0. The van der Waals surface area contributed by atoms with Crippen LogP contribution in [0.2, 0.25) is 10.5 Å². The Hall–Kier alpha value is 0.489. The topological polar surface area (TPSA) is 71.1 Å². The van der Waals surface area contributed by atoms with Crippen LogP contribution in [0.5, 0.6) is 0 Å². The van der Waals surface area contributed by atoms with E-state index in [-0.39, 0.29) is 11.9 Å². The number of hydrogen-bond donors (Lipinski definition) is 0. The van der Waals surface area contributed by atoms with Crippen LogP contribution in [-0.4, -0.2) is 58.1 Å². The molecule has 0 bridgehead atoms. The molecule has 2 heterocycles. The first-order valence-corrected chi connectivity index (χ1v) is 12.6. The van der Waals surface area contributed by atoms with Gasteiger partial charge in [-0.3, -0.25) is 0 Å². The Morgan fingerprint density at radius 1 is 1.33 bits per heavy atom. The van der Waals surface area contributed by atoms with Gasteiger partial charge in [0.15, 0.2) is 0 Å². The second kappa shape index (κ2) is 4.78. The summed E-state index contributed by atoms with van der Waals surface area (Å²) in [6.07, 6.45) is 0.776. The van der Waals surface area contributed by atoms with E-state index in [0.29, 0.717) is 23.3 Å². The van der Waals surface area contributed by atoms with Gasteiger partial charge in [-0.2, -0.15) is 0 Å². The van der Waals surface area contributed by atoms with Crippen LogP contribution < -0.4 is 0 Å². The van der Waals surface area contributed by atoms with Crippen LogP contribution in [0, 0.1) is 0 Å². The molecule has 4 radical (unpaired) electrons. The van der Waals surface area contributed by atoms with E-state index in [9.17, 15) is 9.59 Å². The van der Waals surface area contributed by atoms with Gasteiger partial charge in [-0.05, 0) is 0 Å².